The minimum atomic E-state index is -1.56. The highest BCUT2D eigenvalue weighted by Gasteiger charge is 2.58. The minimum absolute atomic E-state index is 0.294. The van der Waals surface area contributed by atoms with E-state index in [4.69, 9.17) is 0 Å². The average molecular weight is 429 g/mol. The smallest absolute Gasteiger partial charge is 0.196 e. The molecule has 1 aliphatic heterocycles. The highest BCUT2D eigenvalue weighted by atomic mass is 19.1. The van der Waals surface area contributed by atoms with Gasteiger partial charge in [-0.3, -0.25) is 24.4 Å². The topological polar surface area (TPSA) is 53.5 Å². The molecule has 5 nitrogen and oxygen atoms in total. The lowest BCUT2D eigenvalue weighted by Crippen LogP contribution is -2.60. The molecular formula is C26H24FN3O2. The maximum atomic E-state index is 14.2. The summed E-state index contributed by atoms with van der Waals surface area (Å²) in [4.78, 5) is 35.7. The van der Waals surface area contributed by atoms with Gasteiger partial charge in [-0.15, -0.1) is 0 Å². The van der Waals surface area contributed by atoms with Crippen LogP contribution in [0.15, 0.2) is 67.0 Å². The summed E-state index contributed by atoms with van der Waals surface area (Å²) in [6.07, 6.45) is 2.54. The lowest BCUT2D eigenvalue weighted by atomic mass is 9.83. The molecule has 2 heterocycles. The van der Waals surface area contributed by atoms with Crippen molar-refractivity contribution < 1.29 is 14.0 Å². The van der Waals surface area contributed by atoms with Crippen LogP contribution in [0.3, 0.4) is 0 Å². The number of hydrogen-bond acceptors (Lipinski definition) is 5. The average Bonchev–Trinajstić information content (AvgIpc) is 3.04. The zero-order chi connectivity index (χ0) is 22.3. The summed E-state index contributed by atoms with van der Waals surface area (Å²) < 4.78 is 14.2. The molecule has 32 heavy (non-hydrogen) atoms. The first-order valence-corrected chi connectivity index (χ1v) is 10.8. The highest BCUT2D eigenvalue weighted by molar-refractivity contribution is 6.32. The van der Waals surface area contributed by atoms with Crippen LogP contribution < -0.4 is 0 Å². The molecule has 0 unspecified atom stereocenters. The van der Waals surface area contributed by atoms with E-state index in [1.165, 1.54) is 23.4 Å². The molecule has 5 rings (SSSR count). The maximum absolute atomic E-state index is 14.2. The van der Waals surface area contributed by atoms with Gasteiger partial charge >= 0.3 is 0 Å². The van der Waals surface area contributed by atoms with Crippen LogP contribution >= 0.6 is 0 Å². The molecule has 6 heteroatoms. The summed E-state index contributed by atoms with van der Waals surface area (Å²) >= 11 is 0. The second kappa shape index (κ2) is 8.04. The number of Topliss-reactive ketones (excluding diaryl/α,β-unsaturated/α-hetero) is 2. The van der Waals surface area contributed by atoms with Crippen LogP contribution in [-0.4, -0.2) is 52.5 Å². The van der Waals surface area contributed by atoms with Crippen molar-refractivity contribution in [2.24, 2.45) is 0 Å². The number of ketones is 2. The van der Waals surface area contributed by atoms with E-state index in [1.807, 2.05) is 17.0 Å². The molecule has 0 amide bonds. The number of aryl methyl sites for hydroxylation is 1. The van der Waals surface area contributed by atoms with Crippen molar-refractivity contribution >= 4 is 11.6 Å². The lowest BCUT2D eigenvalue weighted by molar-refractivity contribution is 0.0277. The number of nitrogens with zero attached hydrogens (tertiary/aromatic N) is 3. The fraction of sp³-hybridized carbons (Fsp3) is 0.269. The maximum Gasteiger partial charge on any atom is 0.196 e. The van der Waals surface area contributed by atoms with E-state index in [0.717, 1.165) is 12.7 Å². The Labute approximate surface area is 186 Å². The zero-order valence-corrected chi connectivity index (χ0v) is 17.9. The minimum Gasteiger partial charge on any atom is -0.297 e. The van der Waals surface area contributed by atoms with Crippen LogP contribution in [0.4, 0.5) is 4.39 Å². The third-order valence-corrected chi connectivity index (χ3v) is 6.70. The molecule has 1 aliphatic carbocycles. The summed E-state index contributed by atoms with van der Waals surface area (Å²) in [5.41, 5.74) is 2.04. The SMILES string of the molecule is Cc1ccccc1CN1CCN(C2(c3cncc(F)c3)C(=O)c3ccccc3C2=O)CC1. The van der Waals surface area contributed by atoms with E-state index < -0.39 is 11.4 Å². The van der Waals surface area contributed by atoms with Gasteiger partial charge in [-0.2, -0.15) is 0 Å². The van der Waals surface area contributed by atoms with Crippen molar-refractivity contribution in [2.45, 2.75) is 19.0 Å². The highest BCUT2D eigenvalue weighted by Crippen LogP contribution is 2.42. The van der Waals surface area contributed by atoms with Gasteiger partial charge in [-0.25, -0.2) is 4.39 Å². The Balaban J connectivity index is 1.48. The van der Waals surface area contributed by atoms with Crippen molar-refractivity contribution in [3.8, 4) is 0 Å². The van der Waals surface area contributed by atoms with Crippen molar-refractivity contribution in [1.29, 1.82) is 0 Å². The van der Waals surface area contributed by atoms with Crippen molar-refractivity contribution in [2.75, 3.05) is 26.2 Å². The van der Waals surface area contributed by atoms with Crippen LogP contribution in [0, 0.1) is 12.7 Å². The Morgan fingerprint density at radius 1 is 0.906 bits per heavy atom. The lowest BCUT2D eigenvalue weighted by Gasteiger charge is -2.44. The standard InChI is InChI=1S/C26H24FN3O2/c1-18-6-2-3-7-19(18)17-29-10-12-30(13-11-29)26(20-14-21(27)16-28-15-20)24(31)22-8-4-5-9-23(22)25(26)32/h2-9,14-16H,10-13,17H2,1H3. The third kappa shape index (κ3) is 3.18. The van der Waals surface area contributed by atoms with E-state index in [-0.39, 0.29) is 11.6 Å². The van der Waals surface area contributed by atoms with Gasteiger partial charge in [-0.05, 0) is 24.1 Å². The van der Waals surface area contributed by atoms with Gasteiger partial charge in [0.25, 0.3) is 0 Å². The monoisotopic (exact) mass is 429 g/mol. The molecule has 2 aliphatic rings. The summed E-state index contributed by atoms with van der Waals surface area (Å²) in [6.45, 7) is 5.37. The van der Waals surface area contributed by atoms with E-state index in [1.54, 1.807) is 24.3 Å². The summed E-state index contributed by atoms with van der Waals surface area (Å²) in [5, 5.41) is 0. The van der Waals surface area contributed by atoms with Crippen LogP contribution in [0.2, 0.25) is 0 Å². The Kier molecular flexibility index (Phi) is 5.19. The number of carbonyl (C=O) groups excluding carboxylic acids is 2. The van der Waals surface area contributed by atoms with Crippen molar-refractivity contribution in [3.63, 3.8) is 0 Å². The molecule has 1 aromatic heterocycles. The number of aromatic nitrogens is 1. The molecule has 0 bridgehead atoms. The molecule has 0 spiro atoms. The summed E-state index contributed by atoms with van der Waals surface area (Å²) in [7, 11) is 0. The first-order chi connectivity index (χ1) is 15.5. The molecule has 2 aromatic carbocycles. The predicted molar refractivity (Wildman–Crippen MR) is 119 cm³/mol. The predicted octanol–water partition coefficient (Wildman–Crippen LogP) is 3.62. The molecule has 1 fully saturated rings. The number of fused-ring (bicyclic) bond motifs is 1. The number of carbonyl (C=O) groups is 2. The third-order valence-electron chi connectivity index (χ3n) is 6.70. The zero-order valence-electron chi connectivity index (χ0n) is 17.9. The van der Waals surface area contributed by atoms with Gasteiger partial charge < -0.3 is 0 Å². The van der Waals surface area contributed by atoms with Crippen molar-refractivity contribution in [3.05, 3.63) is 101 Å². The van der Waals surface area contributed by atoms with Gasteiger partial charge in [0.2, 0.25) is 0 Å². The molecular weight excluding hydrogens is 405 g/mol. The molecule has 0 atom stereocenters. The van der Waals surface area contributed by atoms with E-state index >= 15 is 0 Å². The molecule has 0 N–H and O–H groups in total. The van der Waals surface area contributed by atoms with Crippen LogP contribution in [0.1, 0.15) is 37.4 Å². The first kappa shape index (κ1) is 20.7. The van der Waals surface area contributed by atoms with Crippen LogP contribution in [-0.2, 0) is 12.1 Å². The number of pyridine rings is 1. The number of hydrogen-bond donors (Lipinski definition) is 0. The van der Waals surface area contributed by atoms with Crippen molar-refractivity contribution in [1.82, 2.24) is 14.8 Å². The second-order valence-electron chi connectivity index (χ2n) is 8.50. The Morgan fingerprint density at radius 3 is 2.16 bits per heavy atom. The molecule has 162 valence electrons. The molecule has 3 aromatic rings. The summed E-state index contributed by atoms with van der Waals surface area (Å²) in [6, 6.07) is 16.4. The van der Waals surface area contributed by atoms with Gasteiger partial charge in [0, 0.05) is 55.6 Å². The Bertz CT molecular complexity index is 1170. The fourth-order valence-corrected chi connectivity index (χ4v) is 4.98. The number of benzene rings is 2. The Morgan fingerprint density at radius 2 is 1.53 bits per heavy atom. The number of halogens is 1. The number of rotatable bonds is 4. The van der Waals surface area contributed by atoms with Crippen LogP contribution in [0.5, 0.6) is 0 Å². The summed E-state index contributed by atoms with van der Waals surface area (Å²) in [5.74, 6) is -1.15. The Hall–Kier alpha value is -3.22. The van der Waals surface area contributed by atoms with Gasteiger partial charge in [-0.1, -0.05) is 48.5 Å². The van der Waals surface area contributed by atoms with E-state index in [0.29, 0.717) is 42.9 Å². The second-order valence-corrected chi connectivity index (χ2v) is 8.50. The quantitative estimate of drug-likeness (QED) is 0.593. The first-order valence-electron chi connectivity index (χ1n) is 10.8. The van der Waals surface area contributed by atoms with Gasteiger partial charge in [0.1, 0.15) is 5.82 Å². The molecule has 1 saturated heterocycles. The van der Waals surface area contributed by atoms with Crippen LogP contribution in [0.25, 0.3) is 0 Å². The fourth-order valence-electron chi connectivity index (χ4n) is 4.98. The van der Waals surface area contributed by atoms with E-state index in [9.17, 15) is 14.0 Å². The number of piperazine rings is 1. The molecule has 0 radical (unpaired) electrons. The normalized spacial score (nSPS) is 18.7. The van der Waals surface area contributed by atoms with Gasteiger partial charge in [0.15, 0.2) is 17.1 Å². The van der Waals surface area contributed by atoms with E-state index in [2.05, 4.69) is 28.9 Å². The van der Waals surface area contributed by atoms with Gasteiger partial charge in [0.05, 0.1) is 6.20 Å². The molecule has 0 saturated carbocycles. The largest absolute Gasteiger partial charge is 0.297 e.